The molecule has 0 aromatic heterocycles. The summed E-state index contributed by atoms with van der Waals surface area (Å²) < 4.78 is 0. The van der Waals surface area contributed by atoms with E-state index in [-0.39, 0.29) is 17.2 Å². The number of aliphatic hydroxyl groups is 1. The lowest BCUT2D eigenvalue weighted by atomic mass is 10.2. The Morgan fingerprint density at radius 1 is 1.21 bits per heavy atom. The molecular formula is C15H23NO2S. The topological polar surface area (TPSA) is 40.5 Å². The third kappa shape index (κ3) is 4.88. The van der Waals surface area contributed by atoms with Gasteiger partial charge in [0.2, 0.25) is 5.91 Å². The van der Waals surface area contributed by atoms with Gasteiger partial charge in [-0.1, -0.05) is 25.1 Å². The first-order valence-corrected chi connectivity index (χ1v) is 7.65. The summed E-state index contributed by atoms with van der Waals surface area (Å²) in [5.41, 5.74) is 0.924. The molecule has 0 saturated heterocycles. The first-order chi connectivity index (χ1) is 8.93. The first kappa shape index (κ1) is 16.1. The number of thioether (sulfide) groups is 1. The van der Waals surface area contributed by atoms with Crippen LogP contribution >= 0.6 is 11.8 Å². The van der Waals surface area contributed by atoms with E-state index < -0.39 is 6.10 Å². The molecule has 106 valence electrons. The monoisotopic (exact) mass is 281 g/mol. The van der Waals surface area contributed by atoms with Crippen LogP contribution in [0.2, 0.25) is 0 Å². The van der Waals surface area contributed by atoms with E-state index in [2.05, 4.69) is 0 Å². The Bertz CT molecular complexity index is 392. The molecule has 1 aromatic rings. The fourth-order valence-corrected chi connectivity index (χ4v) is 2.55. The third-order valence-corrected chi connectivity index (χ3v) is 4.30. The van der Waals surface area contributed by atoms with Gasteiger partial charge in [-0.2, -0.15) is 0 Å². The molecule has 2 atom stereocenters. The van der Waals surface area contributed by atoms with Gasteiger partial charge in [-0.05, 0) is 32.9 Å². The smallest absolute Gasteiger partial charge is 0.237 e. The first-order valence-electron chi connectivity index (χ1n) is 6.60. The van der Waals surface area contributed by atoms with E-state index in [4.69, 9.17) is 0 Å². The van der Waals surface area contributed by atoms with E-state index in [1.54, 1.807) is 6.92 Å². The van der Waals surface area contributed by atoms with Crippen LogP contribution in [-0.4, -0.2) is 34.2 Å². The molecule has 0 heterocycles. The number of hydrogen-bond acceptors (Lipinski definition) is 3. The Morgan fingerprint density at radius 2 is 1.79 bits per heavy atom. The number of aliphatic hydroxyl groups excluding tert-OH is 1. The zero-order valence-electron chi connectivity index (χ0n) is 12.0. The van der Waals surface area contributed by atoms with Crippen LogP contribution in [-0.2, 0) is 4.79 Å². The lowest BCUT2D eigenvalue weighted by Crippen LogP contribution is -2.38. The van der Waals surface area contributed by atoms with Crippen molar-refractivity contribution in [1.82, 2.24) is 0 Å². The summed E-state index contributed by atoms with van der Waals surface area (Å²) in [7, 11) is 0. The van der Waals surface area contributed by atoms with Crippen molar-refractivity contribution in [2.45, 2.75) is 45.1 Å². The van der Waals surface area contributed by atoms with Crippen LogP contribution in [0.3, 0.4) is 0 Å². The Balaban J connectivity index is 2.70. The highest BCUT2D eigenvalue weighted by Gasteiger charge is 2.20. The van der Waals surface area contributed by atoms with Crippen LogP contribution in [0, 0.1) is 0 Å². The maximum atomic E-state index is 12.3. The number of carbonyl (C=O) groups excluding carboxylic acids is 1. The van der Waals surface area contributed by atoms with Gasteiger partial charge in [0.1, 0.15) is 0 Å². The van der Waals surface area contributed by atoms with Gasteiger partial charge in [0, 0.05) is 17.0 Å². The van der Waals surface area contributed by atoms with Crippen molar-refractivity contribution in [2.75, 3.05) is 10.7 Å². The summed E-state index contributed by atoms with van der Waals surface area (Å²) in [4.78, 5) is 14.1. The number of rotatable bonds is 6. The maximum absolute atomic E-state index is 12.3. The molecule has 0 radical (unpaired) electrons. The number of para-hydroxylation sites is 1. The summed E-state index contributed by atoms with van der Waals surface area (Å²) >= 11 is 1.49. The molecule has 0 spiro atoms. The summed E-state index contributed by atoms with van der Waals surface area (Å²) in [5.74, 6) is 0.470. The molecule has 1 N–H and O–H groups in total. The van der Waals surface area contributed by atoms with Gasteiger partial charge in [-0.3, -0.25) is 4.79 Å². The van der Waals surface area contributed by atoms with Gasteiger partial charge >= 0.3 is 0 Å². The van der Waals surface area contributed by atoms with Crippen LogP contribution in [0.25, 0.3) is 0 Å². The normalized spacial score (nSPS) is 14.2. The maximum Gasteiger partial charge on any atom is 0.237 e. The highest BCUT2D eigenvalue weighted by atomic mass is 32.2. The third-order valence-electron chi connectivity index (χ3n) is 2.97. The molecule has 4 heteroatoms. The fraction of sp³-hybridized carbons (Fsp3) is 0.533. The second kappa shape index (κ2) is 7.56. The average molecular weight is 281 g/mol. The molecule has 0 aliphatic carbocycles. The van der Waals surface area contributed by atoms with Crippen LogP contribution < -0.4 is 4.90 Å². The van der Waals surface area contributed by atoms with Crippen LogP contribution in [0.4, 0.5) is 5.69 Å². The Labute approximate surface area is 120 Å². The van der Waals surface area contributed by atoms with Gasteiger partial charge in [0.25, 0.3) is 0 Å². The van der Waals surface area contributed by atoms with Crippen LogP contribution in [0.5, 0.6) is 0 Å². The van der Waals surface area contributed by atoms with Gasteiger partial charge in [-0.15, -0.1) is 11.8 Å². The SMILES string of the molecule is CC(O)C(C)SCC(=O)N(c1ccccc1)C(C)C. The van der Waals surface area contributed by atoms with Crippen LogP contribution in [0.1, 0.15) is 27.7 Å². The quantitative estimate of drug-likeness (QED) is 0.871. The number of nitrogens with zero attached hydrogens (tertiary/aromatic N) is 1. The predicted octanol–water partition coefficient (Wildman–Crippen LogP) is 2.93. The highest BCUT2D eigenvalue weighted by Crippen LogP contribution is 2.20. The van der Waals surface area contributed by atoms with E-state index in [0.29, 0.717) is 5.75 Å². The summed E-state index contributed by atoms with van der Waals surface area (Å²) in [6, 6.07) is 9.82. The van der Waals surface area contributed by atoms with Crippen molar-refractivity contribution < 1.29 is 9.90 Å². The lowest BCUT2D eigenvalue weighted by molar-refractivity contribution is -0.116. The largest absolute Gasteiger partial charge is 0.392 e. The van der Waals surface area contributed by atoms with Crippen molar-refractivity contribution in [3.05, 3.63) is 30.3 Å². The van der Waals surface area contributed by atoms with E-state index in [1.165, 1.54) is 11.8 Å². The Kier molecular flexibility index (Phi) is 6.38. The number of carbonyl (C=O) groups is 1. The van der Waals surface area contributed by atoms with E-state index in [9.17, 15) is 9.90 Å². The molecule has 0 bridgehead atoms. The molecule has 3 nitrogen and oxygen atoms in total. The molecule has 1 aromatic carbocycles. The van der Waals surface area contributed by atoms with Gasteiger partial charge in [0.15, 0.2) is 0 Å². The average Bonchev–Trinajstić information content (AvgIpc) is 2.36. The minimum atomic E-state index is -0.401. The second-order valence-electron chi connectivity index (χ2n) is 4.95. The zero-order chi connectivity index (χ0) is 14.4. The Hall–Kier alpha value is -1.00. The lowest BCUT2D eigenvalue weighted by Gasteiger charge is -2.27. The van der Waals surface area contributed by atoms with Gasteiger partial charge in [0.05, 0.1) is 11.9 Å². The molecular weight excluding hydrogens is 258 g/mol. The fourth-order valence-electron chi connectivity index (χ4n) is 1.73. The molecule has 0 aliphatic heterocycles. The second-order valence-corrected chi connectivity index (χ2v) is 6.32. The number of hydrogen-bond donors (Lipinski definition) is 1. The summed E-state index contributed by atoms with van der Waals surface area (Å²) in [5, 5.41) is 9.52. The number of amides is 1. The van der Waals surface area contributed by atoms with Gasteiger partial charge in [-0.25, -0.2) is 0 Å². The van der Waals surface area contributed by atoms with Crippen LogP contribution in [0.15, 0.2) is 30.3 Å². The molecule has 1 amide bonds. The van der Waals surface area contributed by atoms with E-state index in [0.717, 1.165) is 5.69 Å². The van der Waals surface area contributed by atoms with E-state index in [1.807, 2.05) is 56.0 Å². The van der Waals surface area contributed by atoms with Crippen molar-refractivity contribution in [2.24, 2.45) is 0 Å². The summed E-state index contributed by atoms with van der Waals surface area (Å²) in [6.07, 6.45) is -0.401. The summed E-state index contributed by atoms with van der Waals surface area (Å²) in [6.45, 7) is 7.70. The zero-order valence-corrected chi connectivity index (χ0v) is 12.9. The standard InChI is InChI=1S/C15H23NO2S/c1-11(2)16(14-8-6-5-7-9-14)15(18)10-19-13(4)12(3)17/h5-9,11-13,17H,10H2,1-4H3. The number of benzene rings is 1. The van der Waals surface area contributed by atoms with Crippen molar-refractivity contribution in [1.29, 1.82) is 0 Å². The Morgan fingerprint density at radius 3 is 2.26 bits per heavy atom. The van der Waals surface area contributed by atoms with Crippen molar-refractivity contribution in [3.8, 4) is 0 Å². The molecule has 19 heavy (non-hydrogen) atoms. The number of anilines is 1. The molecule has 0 saturated carbocycles. The minimum absolute atomic E-state index is 0.0636. The van der Waals surface area contributed by atoms with E-state index >= 15 is 0 Å². The van der Waals surface area contributed by atoms with Gasteiger partial charge < -0.3 is 10.0 Å². The van der Waals surface area contributed by atoms with Crippen molar-refractivity contribution in [3.63, 3.8) is 0 Å². The molecule has 1 rings (SSSR count). The minimum Gasteiger partial charge on any atom is -0.392 e. The molecule has 2 unspecified atom stereocenters. The molecule has 0 fully saturated rings. The predicted molar refractivity (Wildman–Crippen MR) is 82.7 cm³/mol. The van der Waals surface area contributed by atoms with Crippen molar-refractivity contribution >= 4 is 23.4 Å². The molecule has 0 aliphatic rings. The highest BCUT2D eigenvalue weighted by molar-refractivity contribution is 8.00.